The Morgan fingerprint density at radius 2 is 1.95 bits per heavy atom. The smallest absolute Gasteiger partial charge is 0.327 e. The Morgan fingerprint density at radius 1 is 1.35 bits per heavy atom. The van der Waals surface area contributed by atoms with Gasteiger partial charge in [-0.2, -0.15) is 0 Å². The zero-order valence-corrected chi connectivity index (χ0v) is 13.1. The number of carbonyl (C=O) groups excluding carboxylic acids is 1. The molecule has 2 fully saturated rings. The molecule has 0 aromatic rings. The number of hydrogen-bond acceptors (Lipinski definition) is 5. The minimum Gasteiger partial charge on any atom is -0.468 e. The van der Waals surface area contributed by atoms with E-state index in [-0.39, 0.29) is 5.97 Å². The summed E-state index contributed by atoms with van der Waals surface area (Å²) in [4.78, 5) is 16.9. The van der Waals surface area contributed by atoms with E-state index in [0.29, 0.717) is 18.5 Å². The maximum atomic E-state index is 12.0. The first-order valence-corrected chi connectivity index (χ1v) is 7.85. The van der Waals surface area contributed by atoms with Crippen LogP contribution >= 0.6 is 0 Å². The van der Waals surface area contributed by atoms with E-state index in [4.69, 9.17) is 10.5 Å². The highest BCUT2D eigenvalue weighted by atomic mass is 16.5. The minimum absolute atomic E-state index is 0.246. The summed E-state index contributed by atoms with van der Waals surface area (Å²) in [5.41, 5.74) is 5.58. The van der Waals surface area contributed by atoms with Crippen LogP contribution in [-0.2, 0) is 9.53 Å². The quantitative estimate of drug-likeness (QED) is 0.727. The Bertz CT molecular complexity index is 338. The monoisotopic (exact) mass is 283 g/mol. The first kappa shape index (κ1) is 15.7. The molecule has 1 saturated carbocycles. The molecule has 0 bridgehead atoms. The molecule has 20 heavy (non-hydrogen) atoms. The van der Waals surface area contributed by atoms with E-state index in [9.17, 15) is 4.79 Å². The molecule has 2 N–H and O–H groups in total. The number of esters is 1. The van der Waals surface area contributed by atoms with Gasteiger partial charge >= 0.3 is 5.97 Å². The fraction of sp³-hybridized carbons (Fsp3) is 0.933. The van der Waals surface area contributed by atoms with Gasteiger partial charge in [-0.1, -0.05) is 6.92 Å². The average molecular weight is 283 g/mol. The highest BCUT2D eigenvalue weighted by Crippen LogP contribution is 2.39. The van der Waals surface area contributed by atoms with Crippen LogP contribution in [0.15, 0.2) is 0 Å². The third-order valence-electron chi connectivity index (χ3n) is 4.98. The van der Waals surface area contributed by atoms with Gasteiger partial charge in [0.25, 0.3) is 0 Å². The molecule has 2 atom stereocenters. The predicted octanol–water partition coefficient (Wildman–Crippen LogP) is 0.683. The lowest BCUT2D eigenvalue weighted by Gasteiger charge is -2.41. The molecule has 0 spiro atoms. The molecule has 0 aromatic heterocycles. The van der Waals surface area contributed by atoms with Gasteiger partial charge in [-0.15, -0.1) is 0 Å². The van der Waals surface area contributed by atoms with E-state index in [2.05, 4.69) is 23.6 Å². The summed E-state index contributed by atoms with van der Waals surface area (Å²) in [6, 6.07) is 0.642. The van der Waals surface area contributed by atoms with Gasteiger partial charge < -0.3 is 10.5 Å². The lowest BCUT2D eigenvalue weighted by atomic mass is 9.93. The third-order valence-corrected chi connectivity index (χ3v) is 4.98. The molecule has 0 radical (unpaired) electrons. The van der Waals surface area contributed by atoms with Crippen molar-refractivity contribution in [3.8, 4) is 0 Å². The second-order valence-corrected chi connectivity index (χ2v) is 6.38. The van der Waals surface area contributed by atoms with Crippen molar-refractivity contribution in [2.24, 2.45) is 11.7 Å². The highest BCUT2D eigenvalue weighted by molar-refractivity contribution is 5.81. The Morgan fingerprint density at radius 3 is 2.40 bits per heavy atom. The van der Waals surface area contributed by atoms with Gasteiger partial charge in [-0.05, 0) is 32.1 Å². The van der Waals surface area contributed by atoms with Crippen molar-refractivity contribution >= 4 is 5.97 Å². The number of rotatable bonds is 6. The van der Waals surface area contributed by atoms with Gasteiger partial charge in [0.05, 0.1) is 7.11 Å². The summed E-state index contributed by atoms with van der Waals surface area (Å²) in [6.45, 7) is 9.26. The van der Waals surface area contributed by atoms with Crippen LogP contribution in [0.1, 0.15) is 33.1 Å². The largest absolute Gasteiger partial charge is 0.468 e. The highest BCUT2D eigenvalue weighted by Gasteiger charge is 2.50. The Kier molecular flexibility index (Phi) is 5.04. The van der Waals surface area contributed by atoms with Crippen molar-refractivity contribution in [3.05, 3.63) is 0 Å². The molecule has 1 heterocycles. The average Bonchev–Trinajstić information content (AvgIpc) is 3.31. The first-order chi connectivity index (χ1) is 9.51. The second kappa shape index (κ2) is 6.41. The van der Waals surface area contributed by atoms with E-state index in [0.717, 1.165) is 39.0 Å². The summed E-state index contributed by atoms with van der Waals surface area (Å²) in [5.74, 6) is 0.0619. The second-order valence-electron chi connectivity index (χ2n) is 6.38. The summed E-state index contributed by atoms with van der Waals surface area (Å²) in [7, 11) is 1.44. The summed E-state index contributed by atoms with van der Waals surface area (Å²) in [6.07, 6.45) is 3.29. The Hall–Kier alpha value is -0.650. The van der Waals surface area contributed by atoms with Gasteiger partial charge in [0, 0.05) is 38.8 Å². The third kappa shape index (κ3) is 3.32. The zero-order chi connectivity index (χ0) is 14.8. The lowest BCUT2D eigenvalue weighted by molar-refractivity contribution is -0.149. The number of methoxy groups -OCH3 is 1. The van der Waals surface area contributed by atoms with Crippen molar-refractivity contribution in [1.82, 2.24) is 9.80 Å². The number of piperazine rings is 1. The summed E-state index contributed by atoms with van der Waals surface area (Å²) in [5, 5.41) is 0. The molecule has 2 unspecified atom stereocenters. The van der Waals surface area contributed by atoms with Gasteiger partial charge in [-0.3, -0.25) is 14.6 Å². The Labute approximate surface area is 122 Å². The van der Waals surface area contributed by atoms with Crippen molar-refractivity contribution in [3.63, 3.8) is 0 Å². The summed E-state index contributed by atoms with van der Waals surface area (Å²) < 4.78 is 4.93. The van der Waals surface area contributed by atoms with Gasteiger partial charge in [0.2, 0.25) is 0 Å². The van der Waals surface area contributed by atoms with E-state index < -0.39 is 5.54 Å². The normalized spacial score (nSPS) is 26.0. The number of nitrogens with zero attached hydrogens (tertiary/aromatic N) is 2. The van der Waals surface area contributed by atoms with Crippen molar-refractivity contribution in [2.75, 3.05) is 39.8 Å². The van der Waals surface area contributed by atoms with E-state index >= 15 is 0 Å². The lowest BCUT2D eigenvalue weighted by Crippen LogP contribution is -2.61. The molecular weight excluding hydrogens is 254 g/mol. The molecule has 5 nitrogen and oxygen atoms in total. The fourth-order valence-corrected chi connectivity index (χ4v) is 3.14. The van der Waals surface area contributed by atoms with Gasteiger partial charge in [0.15, 0.2) is 0 Å². The molecule has 0 aromatic carbocycles. The van der Waals surface area contributed by atoms with Crippen LogP contribution in [0.2, 0.25) is 0 Å². The summed E-state index contributed by atoms with van der Waals surface area (Å²) >= 11 is 0. The topological polar surface area (TPSA) is 58.8 Å². The van der Waals surface area contributed by atoms with Crippen LogP contribution in [0.3, 0.4) is 0 Å². The van der Waals surface area contributed by atoms with Crippen LogP contribution in [0.25, 0.3) is 0 Å². The van der Waals surface area contributed by atoms with E-state index in [1.165, 1.54) is 13.5 Å². The van der Waals surface area contributed by atoms with E-state index in [1.54, 1.807) is 0 Å². The fourth-order valence-electron chi connectivity index (χ4n) is 3.14. The van der Waals surface area contributed by atoms with Crippen molar-refractivity contribution in [1.29, 1.82) is 0 Å². The van der Waals surface area contributed by atoms with Crippen LogP contribution in [-0.4, -0.2) is 67.2 Å². The standard InChI is InChI=1S/C15H29N3O2/c1-4-12(2)18-9-7-17(8-10-18)11-15(16,13-5-6-13)14(19)20-3/h12-13H,4-11,16H2,1-3H3. The van der Waals surface area contributed by atoms with Crippen molar-refractivity contribution in [2.45, 2.75) is 44.7 Å². The number of ether oxygens (including phenoxy) is 1. The van der Waals surface area contributed by atoms with Crippen LogP contribution in [0, 0.1) is 5.92 Å². The number of hydrogen-bond donors (Lipinski definition) is 1. The number of nitrogens with two attached hydrogens (primary N) is 1. The maximum Gasteiger partial charge on any atom is 0.327 e. The maximum absolute atomic E-state index is 12.0. The van der Waals surface area contributed by atoms with Gasteiger partial charge in [-0.25, -0.2) is 0 Å². The first-order valence-electron chi connectivity index (χ1n) is 7.85. The van der Waals surface area contributed by atoms with Gasteiger partial charge in [0.1, 0.15) is 5.54 Å². The predicted molar refractivity (Wildman–Crippen MR) is 79.4 cm³/mol. The molecule has 0 amide bonds. The Balaban J connectivity index is 1.89. The molecular formula is C15H29N3O2. The molecule has 5 heteroatoms. The van der Waals surface area contributed by atoms with Crippen molar-refractivity contribution < 1.29 is 9.53 Å². The minimum atomic E-state index is -0.798. The van der Waals surface area contributed by atoms with Crippen LogP contribution in [0.5, 0.6) is 0 Å². The SMILES string of the molecule is CCC(C)N1CCN(CC(N)(C(=O)OC)C2CC2)CC1. The van der Waals surface area contributed by atoms with Crippen LogP contribution in [0.4, 0.5) is 0 Å². The zero-order valence-electron chi connectivity index (χ0n) is 13.1. The molecule has 2 aliphatic rings. The molecule has 1 aliphatic heterocycles. The van der Waals surface area contributed by atoms with E-state index in [1.807, 2.05) is 0 Å². The number of carbonyl (C=O) groups is 1. The molecule has 2 rings (SSSR count). The molecule has 1 aliphatic carbocycles. The van der Waals surface area contributed by atoms with Crippen LogP contribution < -0.4 is 5.73 Å². The molecule has 1 saturated heterocycles. The molecule has 116 valence electrons.